The molecule has 1 aliphatic carbocycles. The molecule has 1 aliphatic heterocycles. The summed E-state index contributed by atoms with van der Waals surface area (Å²) in [6.45, 7) is 5.41. The summed E-state index contributed by atoms with van der Waals surface area (Å²) in [5.41, 5.74) is 4.43. The van der Waals surface area contributed by atoms with Crippen LogP contribution < -0.4 is 0 Å². The molecule has 4 rings (SSSR count). The Balaban J connectivity index is 1.37. The van der Waals surface area contributed by atoms with Crippen LogP contribution >= 0.6 is 0 Å². The van der Waals surface area contributed by atoms with Crippen molar-refractivity contribution in [3.05, 3.63) is 53.1 Å². The second kappa shape index (κ2) is 6.40. The van der Waals surface area contributed by atoms with Gasteiger partial charge in [0.15, 0.2) is 0 Å². The summed E-state index contributed by atoms with van der Waals surface area (Å²) < 4.78 is 0. The molecule has 0 saturated carbocycles. The molecular weight excluding hydrogens is 300 g/mol. The highest BCUT2D eigenvalue weighted by Gasteiger charge is 2.29. The van der Waals surface area contributed by atoms with Gasteiger partial charge in [0.25, 0.3) is 5.91 Å². The highest BCUT2D eigenvalue weighted by molar-refractivity contribution is 5.93. The number of aryl methyl sites for hydroxylation is 2. The normalized spacial score (nSPS) is 21.5. The van der Waals surface area contributed by atoms with Gasteiger partial charge in [0.1, 0.15) is 5.69 Å². The van der Waals surface area contributed by atoms with Crippen molar-refractivity contribution in [1.82, 2.24) is 19.8 Å². The van der Waals surface area contributed by atoms with Gasteiger partial charge in [0, 0.05) is 37.9 Å². The first kappa shape index (κ1) is 15.4. The van der Waals surface area contributed by atoms with Gasteiger partial charge in [0.05, 0.1) is 6.33 Å². The number of rotatable bonds is 2. The van der Waals surface area contributed by atoms with Crippen LogP contribution in [0.15, 0.2) is 30.6 Å². The standard InChI is InChI=1S/C19H24N4O/c1-14-18(21-13-20-14)19(24)23-10-8-22(9-11-23)17-7-6-15-4-2-3-5-16(15)12-17/h2-5,13,17H,6-12H2,1H3,(H,20,21). The maximum Gasteiger partial charge on any atom is 0.274 e. The van der Waals surface area contributed by atoms with E-state index in [1.165, 1.54) is 24.0 Å². The maximum absolute atomic E-state index is 12.6. The smallest absolute Gasteiger partial charge is 0.274 e. The van der Waals surface area contributed by atoms with Crippen molar-refractivity contribution in [2.75, 3.05) is 26.2 Å². The lowest BCUT2D eigenvalue weighted by atomic mass is 9.87. The van der Waals surface area contributed by atoms with E-state index in [4.69, 9.17) is 0 Å². The lowest BCUT2D eigenvalue weighted by molar-refractivity contribution is 0.0547. The first-order valence-electron chi connectivity index (χ1n) is 8.82. The Morgan fingerprint density at radius 1 is 1.17 bits per heavy atom. The second-order valence-corrected chi connectivity index (χ2v) is 6.87. The van der Waals surface area contributed by atoms with Crippen LogP contribution in [0.3, 0.4) is 0 Å². The van der Waals surface area contributed by atoms with E-state index < -0.39 is 0 Å². The summed E-state index contributed by atoms with van der Waals surface area (Å²) in [7, 11) is 0. The van der Waals surface area contributed by atoms with Crippen molar-refractivity contribution >= 4 is 5.91 Å². The van der Waals surface area contributed by atoms with Crippen LogP contribution in [0.1, 0.15) is 33.7 Å². The molecule has 126 valence electrons. The van der Waals surface area contributed by atoms with Crippen LogP contribution in [0.5, 0.6) is 0 Å². The maximum atomic E-state index is 12.6. The van der Waals surface area contributed by atoms with Crippen LogP contribution in [0.2, 0.25) is 0 Å². The number of aromatic amines is 1. The number of carbonyl (C=O) groups excluding carboxylic acids is 1. The highest BCUT2D eigenvalue weighted by Crippen LogP contribution is 2.25. The number of hydrogen-bond acceptors (Lipinski definition) is 3. The van der Waals surface area contributed by atoms with Crippen LogP contribution in [0.25, 0.3) is 0 Å². The van der Waals surface area contributed by atoms with E-state index in [1.807, 2.05) is 11.8 Å². The van der Waals surface area contributed by atoms with Gasteiger partial charge in [-0.05, 0) is 37.3 Å². The van der Waals surface area contributed by atoms with Crippen molar-refractivity contribution in [3.63, 3.8) is 0 Å². The zero-order chi connectivity index (χ0) is 16.5. The third-order valence-electron chi connectivity index (χ3n) is 5.47. The van der Waals surface area contributed by atoms with E-state index in [-0.39, 0.29) is 5.91 Å². The minimum absolute atomic E-state index is 0.0578. The lowest BCUT2D eigenvalue weighted by Crippen LogP contribution is -2.53. The molecule has 1 atom stereocenters. The van der Waals surface area contributed by atoms with Crippen molar-refractivity contribution in [3.8, 4) is 0 Å². The van der Waals surface area contributed by atoms with Gasteiger partial charge in [-0.2, -0.15) is 0 Å². The van der Waals surface area contributed by atoms with E-state index in [2.05, 4.69) is 39.1 Å². The van der Waals surface area contributed by atoms with Crippen molar-refractivity contribution < 1.29 is 4.79 Å². The number of benzene rings is 1. The molecule has 2 heterocycles. The molecule has 5 heteroatoms. The number of aromatic nitrogens is 2. The number of nitrogens with zero attached hydrogens (tertiary/aromatic N) is 3. The fraction of sp³-hybridized carbons (Fsp3) is 0.474. The van der Waals surface area contributed by atoms with E-state index in [1.54, 1.807) is 6.33 Å². The number of amides is 1. The Bertz CT molecular complexity index is 730. The Labute approximate surface area is 142 Å². The summed E-state index contributed by atoms with van der Waals surface area (Å²) in [4.78, 5) is 24.2. The Hall–Kier alpha value is -2.14. The number of imidazole rings is 1. The molecule has 1 unspecified atom stereocenters. The van der Waals surface area contributed by atoms with Crippen molar-refractivity contribution in [2.45, 2.75) is 32.2 Å². The van der Waals surface area contributed by atoms with Crippen LogP contribution in [-0.2, 0) is 12.8 Å². The minimum Gasteiger partial charge on any atom is -0.348 e. The van der Waals surface area contributed by atoms with E-state index in [0.717, 1.165) is 38.3 Å². The predicted octanol–water partition coefficient (Wildman–Crippen LogP) is 2.03. The SMILES string of the molecule is Cc1[nH]cnc1C(=O)N1CCN(C2CCc3ccccc3C2)CC1. The van der Waals surface area contributed by atoms with Gasteiger partial charge in [-0.1, -0.05) is 24.3 Å². The van der Waals surface area contributed by atoms with Gasteiger partial charge >= 0.3 is 0 Å². The number of H-pyrrole nitrogens is 1. The zero-order valence-corrected chi connectivity index (χ0v) is 14.2. The molecule has 0 bridgehead atoms. The number of piperazine rings is 1. The molecule has 1 N–H and O–H groups in total. The molecule has 24 heavy (non-hydrogen) atoms. The average Bonchev–Trinajstić information content (AvgIpc) is 3.07. The van der Waals surface area contributed by atoms with Crippen molar-refractivity contribution in [1.29, 1.82) is 0 Å². The Kier molecular flexibility index (Phi) is 4.10. The Morgan fingerprint density at radius 2 is 1.92 bits per heavy atom. The summed E-state index contributed by atoms with van der Waals surface area (Å²) in [5.74, 6) is 0.0578. The fourth-order valence-electron chi connectivity index (χ4n) is 4.00. The number of hydrogen-bond donors (Lipinski definition) is 1. The topological polar surface area (TPSA) is 52.2 Å². The third-order valence-corrected chi connectivity index (χ3v) is 5.47. The number of nitrogens with one attached hydrogen (secondary N) is 1. The molecule has 1 aromatic heterocycles. The number of fused-ring (bicyclic) bond motifs is 1. The van der Waals surface area contributed by atoms with Crippen LogP contribution in [-0.4, -0.2) is 57.9 Å². The minimum atomic E-state index is 0.0578. The van der Waals surface area contributed by atoms with E-state index in [9.17, 15) is 4.79 Å². The highest BCUT2D eigenvalue weighted by atomic mass is 16.2. The van der Waals surface area contributed by atoms with E-state index >= 15 is 0 Å². The average molecular weight is 324 g/mol. The first-order chi connectivity index (χ1) is 11.7. The second-order valence-electron chi connectivity index (χ2n) is 6.87. The molecule has 1 fully saturated rings. The van der Waals surface area contributed by atoms with Crippen LogP contribution in [0.4, 0.5) is 0 Å². The summed E-state index contributed by atoms with van der Waals surface area (Å²) in [5, 5.41) is 0. The van der Waals surface area contributed by atoms with Gasteiger partial charge in [-0.25, -0.2) is 4.98 Å². The quantitative estimate of drug-likeness (QED) is 0.920. The van der Waals surface area contributed by atoms with Gasteiger partial charge in [-0.15, -0.1) is 0 Å². The van der Waals surface area contributed by atoms with Gasteiger partial charge in [-0.3, -0.25) is 9.69 Å². The molecule has 1 amide bonds. The largest absolute Gasteiger partial charge is 0.348 e. The van der Waals surface area contributed by atoms with Crippen molar-refractivity contribution in [2.24, 2.45) is 0 Å². The van der Waals surface area contributed by atoms with Gasteiger partial charge < -0.3 is 9.88 Å². The summed E-state index contributed by atoms with van der Waals surface area (Å²) in [6, 6.07) is 9.42. The molecule has 2 aromatic rings. The van der Waals surface area contributed by atoms with Gasteiger partial charge in [0.2, 0.25) is 0 Å². The third kappa shape index (κ3) is 2.84. The zero-order valence-electron chi connectivity index (χ0n) is 14.2. The van der Waals surface area contributed by atoms with E-state index in [0.29, 0.717) is 11.7 Å². The molecule has 1 aromatic carbocycles. The molecule has 0 spiro atoms. The fourth-order valence-corrected chi connectivity index (χ4v) is 4.00. The summed E-state index contributed by atoms with van der Waals surface area (Å²) in [6.07, 6.45) is 5.14. The number of carbonyl (C=O) groups is 1. The molecule has 0 radical (unpaired) electrons. The molecular formula is C19H24N4O. The summed E-state index contributed by atoms with van der Waals surface area (Å²) >= 11 is 0. The molecule has 1 saturated heterocycles. The van der Waals surface area contributed by atoms with Crippen LogP contribution in [0, 0.1) is 6.92 Å². The Morgan fingerprint density at radius 3 is 2.62 bits per heavy atom. The molecule has 5 nitrogen and oxygen atoms in total. The lowest BCUT2D eigenvalue weighted by Gasteiger charge is -2.41. The first-order valence-corrected chi connectivity index (χ1v) is 8.82. The monoisotopic (exact) mass is 324 g/mol. The molecule has 2 aliphatic rings. The predicted molar refractivity (Wildman–Crippen MR) is 93.1 cm³/mol.